The van der Waals surface area contributed by atoms with E-state index in [2.05, 4.69) is 11.0 Å². The Morgan fingerprint density at radius 2 is 2.35 bits per heavy atom. The lowest BCUT2D eigenvalue weighted by atomic mass is 10.1. The van der Waals surface area contributed by atoms with Gasteiger partial charge in [0.25, 0.3) is 5.69 Å². The zero-order valence-electron chi connectivity index (χ0n) is 12.8. The topological polar surface area (TPSA) is 64.8 Å². The highest BCUT2D eigenvalue weighted by atomic mass is 32.1. The van der Waals surface area contributed by atoms with E-state index in [0.717, 1.165) is 24.3 Å². The summed E-state index contributed by atoms with van der Waals surface area (Å²) in [6.07, 6.45) is 0.0364. The summed E-state index contributed by atoms with van der Waals surface area (Å²) in [6.45, 7) is 2.47. The highest BCUT2D eigenvalue weighted by molar-refractivity contribution is 7.10. The van der Waals surface area contributed by atoms with Crippen LogP contribution in [0.25, 0.3) is 0 Å². The van der Waals surface area contributed by atoms with Crippen molar-refractivity contribution in [3.8, 4) is 0 Å². The Morgan fingerprint density at radius 1 is 1.48 bits per heavy atom. The van der Waals surface area contributed by atoms with Crippen LogP contribution >= 0.6 is 11.3 Å². The molecule has 7 heteroatoms. The summed E-state index contributed by atoms with van der Waals surface area (Å²) in [7, 11) is 1.59. The molecule has 2 heterocycles. The number of nitro benzene ring substituents is 1. The molecule has 1 aromatic carbocycles. The molecule has 3 rings (SSSR count). The number of morpholine rings is 1. The van der Waals surface area contributed by atoms with Crippen molar-refractivity contribution in [2.24, 2.45) is 0 Å². The van der Waals surface area contributed by atoms with E-state index < -0.39 is 0 Å². The number of thiophene rings is 1. The zero-order chi connectivity index (χ0) is 16.2. The van der Waals surface area contributed by atoms with Crippen LogP contribution in [0.15, 0.2) is 35.7 Å². The molecule has 1 aromatic heterocycles. The molecule has 122 valence electrons. The lowest BCUT2D eigenvalue weighted by Crippen LogP contribution is -2.38. The van der Waals surface area contributed by atoms with E-state index in [1.54, 1.807) is 30.6 Å². The molecule has 0 radical (unpaired) electrons. The average molecular weight is 334 g/mol. The van der Waals surface area contributed by atoms with E-state index in [4.69, 9.17) is 9.47 Å². The first-order chi connectivity index (χ1) is 11.2. The number of nitro groups is 1. The number of anilines is 1. The summed E-state index contributed by atoms with van der Waals surface area (Å²) >= 11 is 1.68. The Kier molecular flexibility index (Phi) is 4.90. The maximum Gasteiger partial charge on any atom is 0.269 e. The second-order valence-electron chi connectivity index (χ2n) is 5.32. The van der Waals surface area contributed by atoms with E-state index in [0.29, 0.717) is 13.2 Å². The predicted molar refractivity (Wildman–Crippen MR) is 89.0 cm³/mol. The number of rotatable bonds is 5. The van der Waals surface area contributed by atoms with Gasteiger partial charge in [-0.1, -0.05) is 6.07 Å². The Morgan fingerprint density at radius 3 is 3.04 bits per heavy atom. The summed E-state index contributed by atoms with van der Waals surface area (Å²) in [5.41, 5.74) is 1.89. The van der Waals surface area contributed by atoms with Crippen LogP contribution in [-0.2, 0) is 16.1 Å². The lowest BCUT2D eigenvalue weighted by Gasteiger charge is -2.35. The molecule has 1 aliphatic rings. The molecule has 23 heavy (non-hydrogen) atoms. The largest absolute Gasteiger partial charge is 0.380 e. The minimum Gasteiger partial charge on any atom is -0.380 e. The summed E-state index contributed by atoms with van der Waals surface area (Å²) in [5, 5.41) is 13.0. The van der Waals surface area contributed by atoms with Crippen LogP contribution in [0.4, 0.5) is 11.4 Å². The molecule has 1 aliphatic heterocycles. The number of hydrogen-bond acceptors (Lipinski definition) is 6. The minimum atomic E-state index is -0.378. The van der Waals surface area contributed by atoms with Crippen molar-refractivity contribution in [1.29, 1.82) is 0 Å². The van der Waals surface area contributed by atoms with E-state index in [-0.39, 0.29) is 16.7 Å². The molecule has 1 fully saturated rings. The van der Waals surface area contributed by atoms with Crippen LogP contribution in [-0.4, -0.2) is 31.7 Å². The molecule has 0 spiro atoms. The van der Waals surface area contributed by atoms with Crippen molar-refractivity contribution in [3.05, 3.63) is 56.3 Å². The number of hydrogen-bond donors (Lipinski definition) is 0. The monoisotopic (exact) mass is 334 g/mol. The fourth-order valence-corrected chi connectivity index (χ4v) is 3.55. The van der Waals surface area contributed by atoms with Gasteiger partial charge in [-0.15, -0.1) is 11.3 Å². The molecule has 1 saturated heterocycles. The van der Waals surface area contributed by atoms with Gasteiger partial charge in [-0.25, -0.2) is 0 Å². The molecule has 0 N–H and O–H groups in total. The maximum atomic E-state index is 11.0. The molecule has 0 saturated carbocycles. The van der Waals surface area contributed by atoms with Crippen LogP contribution < -0.4 is 4.90 Å². The van der Waals surface area contributed by atoms with Crippen molar-refractivity contribution in [3.63, 3.8) is 0 Å². The molecular weight excluding hydrogens is 316 g/mol. The molecule has 0 bridgehead atoms. The van der Waals surface area contributed by atoms with Gasteiger partial charge >= 0.3 is 0 Å². The standard InChI is InChI=1S/C16H18N2O4S/c1-21-11-12-9-13(18(19)20)4-5-14(12)17-6-7-22-15(10-17)16-3-2-8-23-16/h2-5,8-9,15H,6-7,10-11H2,1H3. The Bertz CT molecular complexity index is 675. The zero-order valence-corrected chi connectivity index (χ0v) is 13.6. The predicted octanol–water partition coefficient (Wildman–Crippen LogP) is 3.38. The number of non-ortho nitro benzene ring substituents is 1. The van der Waals surface area contributed by atoms with Crippen LogP contribution in [0.1, 0.15) is 16.5 Å². The van der Waals surface area contributed by atoms with E-state index in [1.807, 2.05) is 17.5 Å². The smallest absolute Gasteiger partial charge is 0.269 e. The summed E-state index contributed by atoms with van der Waals surface area (Å²) in [6, 6.07) is 9.04. The van der Waals surface area contributed by atoms with Crippen molar-refractivity contribution in [1.82, 2.24) is 0 Å². The SMILES string of the molecule is COCc1cc([N+](=O)[O-])ccc1N1CCOC(c2cccs2)C1. The van der Waals surface area contributed by atoms with Crippen molar-refractivity contribution >= 4 is 22.7 Å². The fraction of sp³-hybridized carbons (Fsp3) is 0.375. The highest BCUT2D eigenvalue weighted by Gasteiger charge is 2.25. The van der Waals surface area contributed by atoms with Crippen LogP contribution in [0, 0.1) is 10.1 Å². The van der Waals surface area contributed by atoms with Gasteiger partial charge in [0, 0.05) is 48.5 Å². The van der Waals surface area contributed by atoms with Gasteiger partial charge in [0.2, 0.25) is 0 Å². The van der Waals surface area contributed by atoms with Crippen LogP contribution in [0.2, 0.25) is 0 Å². The Hall–Kier alpha value is -1.96. The third-order valence-corrected chi connectivity index (χ3v) is 4.81. The second kappa shape index (κ2) is 7.08. The van der Waals surface area contributed by atoms with Crippen molar-refractivity contribution < 1.29 is 14.4 Å². The Labute approximate surface area is 138 Å². The number of benzene rings is 1. The first kappa shape index (κ1) is 15.9. The minimum absolute atomic E-state index is 0.0364. The van der Waals surface area contributed by atoms with Crippen LogP contribution in [0.5, 0.6) is 0 Å². The quantitative estimate of drug-likeness (QED) is 0.619. The molecular formula is C16H18N2O4S. The average Bonchev–Trinajstić information content (AvgIpc) is 3.10. The van der Waals surface area contributed by atoms with E-state index >= 15 is 0 Å². The molecule has 0 aliphatic carbocycles. The van der Waals surface area contributed by atoms with Gasteiger partial charge in [0.1, 0.15) is 6.10 Å². The highest BCUT2D eigenvalue weighted by Crippen LogP contribution is 2.32. The van der Waals surface area contributed by atoms with Gasteiger partial charge < -0.3 is 14.4 Å². The summed E-state index contributed by atoms with van der Waals surface area (Å²) < 4.78 is 11.1. The number of ether oxygens (including phenoxy) is 2. The molecule has 0 amide bonds. The first-order valence-corrected chi connectivity index (χ1v) is 8.23. The van der Waals surface area contributed by atoms with Gasteiger partial charge in [-0.05, 0) is 17.5 Å². The molecule has 1 atom stereocenters. The van der Waals surface area contributed by atoms with Crippen molar-refractivity contribution in [2.75, 3.05) is 31.7 Å². The summed E-state index contributed by atoms with van der Waals surface area (Å²) in [4.78, 5) is 14.0. The van der Waals surface area contributed by atoms with E-state index in [9.17, 15) is 10.1 Å². The summed E-state index contributed by atoms with van der Waals surface area (Å²) in [5.74, 6) is 0. The first-order valence-electron chi connectivity index (χ1n) is 7.35. The normalized spacial score (nSPS) is 18.1. The van der Waals surface area contributed by atoms with Gasteiger partial charge in [0.05, 0.1) is 18.1 Å². The Balaban J connectivity index is 1.86. The maximum absolute atomic E-state index is 11.0. The van der Waals surface area contributed by atoms with Gasteiger partial charge in [-0.3, -0.25) is 10.1 Å². The third kappa shape index (κ3) is 3.52. The molecule has 6 nitrogen and oxygen atoms in total. The molecule has 2 aromatic rings. The lowest BCUT2D eigenvalue weighted by molar-refractivity contribution is -0.384. The molecule has 1 unspecified atom stereocenters. The van der Waals surface area contributed by atoms with Crippen molar-refractivity contribution in [2.45, 2.75) is 12.7 Å². The van der Waals surface area contributed by atoms with Gasteiger partial charge in [0.15, 0.2) is 0 Å². The van der Waals surface area contributed by atoms with Gasteiger partial charge in [-0.2, -0.15) is 0 Å². The third-order valence-electron chi connectivity index (χ3n) is 3.84. The second-order valence-corrected chi connectivity index (χ2v) is 6.30. The van der Waals surface area contributed by atoms with Crippen LogP contribution in [0.3, 0.4) is 0 Å². The number of nitrogens with zero attached hydrogens (tertiary/aromatic N) is 2. The van der Waals surface area contributed by atoms with E-state index in [1.165, 1.54) is 4.88 Å². The fourth-order valence-electron chi connectivity index (χ4n) is 2.78. The number of methoxy groups -OCH3 is 1.